The molecule has 1 saturated carbocycles. The van der Waals surface area contributed by atoms with Crippen molar-refractivity contribution >= 4 is 39.0 Å². The molecule has 1 unspecified atom stereocenters. The Bertz CT molecular complexity index is 2360. The summed E-state index contributed by atoms with van der Waals surface area (Å²) in [6, 6.07) is 17.1. The van der Waals surface area contributed by atoms with E-state index in [2.05, 4.69) is 36.2 Å². The van der Waals surface area contributed by atoms with Gasteiger partial charge in [0.25, 0.3) is 11.8 Å². The number of hydrogen-bond donors (Lipinski definition) is 1. The lowest BCUT2D eigenvalue weighted by atomic mass is 9.68. The molecule has 2 aliphatic heterocycles. The average molecular weight is 843 g/mol. The molecule has 13 nitrogen and oxygen atoms in total. The van der Waals surface area contributed by atoms with Crippen molar-refractivity contribution in [2.45, 2.75) is 63.3 Å². The van der Waals surface area contributed by atoms with Gasteiger partial charge in [-0.2, -0.15) is 0 Å². The van der Waals surface area contributed by atoms with Gasteiger partial charge in [-0.25, -0.2) is 4.21 Å². The topological polar surface area (TPSA) is 146 Å². The first-order chi connectivity index (χ1) is 28.5. The minimum atomic E-state index is -3.81. The highest BCUT2D eigenvalue weighted by atomic mass is 35.5. The van der Waals surface area contributed by atoms with Gasteiger partial charge in [0.15, 0.2) is 0 Å². The highest BCUT2D eigenvalue weighted by molar-refractivity contribution is 7.92. The predicted molar refractivity (Wildman–Crippen MR) is 225 cm³/mol. The standard InChI is InChI=1S/C44H51ClN6O7S/c1-28-25-59(54,49-42(53)35-23-50(2)47-43(35)56-4)48-41(52)30-11-15-40-37(21-30)51(26-44(27-58-40)18-7-8-29-20-32(45)12-14-36(29)44)22-31-10-13-34(31)39(55-3)17-16-38(28)57-24-33-9-5-6-19-46-33/h5-6,9,11-12,14-17,19-21,23,28,31,34,38-39H,7-8,10,13,18,22,24-27H2,1-4H3,(H,48,49,52,53,54)/b17-16-/t28-,31+,34-,38+,39+,44+,59?/m1/s1. The highest BCUT2D eigenvalue weighted by Gasteiger charge is 2.44. The zero-order chi connectivity index (χ0) is 41.3. The van der Waals surface area contributed by atoms with Gasteiger partial charge < -0.3 is 23.8 Å². The van der Waals surface area contributed by atoms with Crippen LogP contribution in [-0.2, 0) is 44.9 Å². The monoisotopic (exact) mass is 842 g/mol. The van der Waals surface area contributed by atoms with Gasteiger partial charge in [0.2, 0.25) is 5.88 Å². The van der Waals surface area contributed by atoms with Crippen LogP contribution in [0.15, 0.2) is 83.5 Å². The summed E-state index contributed by atoms with van der Waals surface area (Å²) in [5.74, 6) is -0.953. The molecule has 4 aliphatic rings. The van der Waals surface area contributed by atoms with Crippen molar-refractivity contribution in [1.29, 1.82) is 0 Å². The number of aromatic nitrogens is 3. The maximum Gasteiger partial charge on any atom is 0.286 e. The molecule has 15 heteroatoms. The summed E-state index contributed by atoms with van der Waals surface area (Å²) >= 11 is 6.50. The molecule has 2 bridgehead atoms. The Hall–Kier alpha value is -4.76. The fraction of sp³-hybridized carbons (Fsp3) is 0.455. The highest BCUT2D eigenvalue weighted by Crippen LogP contribution is 2.47. The molecule has 8 rings (SSSR count). The Morgan fingerprint density at radius 1 is 1.10 bits per heavy atom. The van der Waals surface area contributed by atoms with Crippen molar-refractivity contribution in [3.05, 3.63) is 112 Å². The summed E-state index contributed by atoms with van der Waals surface area (Å²) < 4.78 is 48.2. The molecular formula is C44H51ClN6O7S. The van der Waals surface area contributed by atoms with E-state index in [1.165, 1.54) is 29.1 Å². The summed E-state index contributed by atoms with van der Waals surface area (Å²) in [5, 5.41) is 4.91. The number of pyridine rings is 1. The summed E-state index contributed by atoms with van der Waals surface area (Å²) in [5.41, 5.74) is 3.96. The third-order valence-electron chi connectivity index (χ3n) is 12.3. The lowest BCUT2D eigenvalue weighted by molar-refractivity contribution is 0.00989. The van der Waals surface area contributed by atoms with Gasteiger partial charge in [0.1, 0.15) is 21.2 Å². The van der Waals surface area contributed by atoms with Crippen LogP contribution in [0.2, 0.25) is 5.02 Å². The largest absolute Gasteiger partial charge is 0.490 e. The van der Waals surface area contributed by atoms with E-state index in [0.29, 0.717) is 31.4 Å². The second-order valence-corrected chi connectivity index (χ2v) is 18.7. The molecule has 4 heterocycles. The van der Waals surface area contributed by atoms with Crippen molar-refractivity contribution < 1.29 is 32.7 Å². The quantitative estimate of drug-likeness (QED) is 0.199. The van der Waals surface area contributed by atoms with Gasteiger partial charge in [-0.3, -0.25) is 24.0 Å². The molecule has 0 saturated heterocycles. The SMILES string of the molecule is COc1nn(C)cc1C(=O)NS1(=O)=NC(=O)c2ccc3c(c2)N(C[C@@H]2CC[C@H]2[C@@H](OC)/C=C\[C@H](OCc2ccccn2)[C@H](C)C1)C[C@@]1(CCCc2cc(Cl)ccc21)CO3. The van der Waals surface area contributed by atoms with Crippen LogP contribution >= 0.6 is 11.6 Å². The molecule has 1 N–H and O–H groups in total. The zero-order valence-corrected chi connectivity index (χ0v) is 35.4. The van der Waals surface area contributed by atoms with E-state index in [4.69, 9.17) is 30.5 Å². The number of halogens is 1. The van der Waals surface area contributed by atoms with Crippen LogP contribution in [0.1, 0.15) is 70.1 Å². The number of carbonyl (C=O) groups is 2. The average Bonchev–Trinajstić information content (AvgIpc) is 3.53. The Morgan fingerprint density at radius 3 is 2.71 bits per heavy atom. The fourth-order valence-corrected chi connectivity index (χ4v) is 11.3. The third kappa shape index (κ3) is 8.63. The number of aryl methyl sites for hydroxylation is 2. The van der Waals surface area contributed by atoms with E-state index in [0.717, 1.165) is 48.5 Å². The van der Waals surface area contributed by atoms with Crippen LogP contribution in [0, 0.1) is 17.8 Å². The van der Waals surface area contributed by atoms with Crippen LogP contribution in [0.25, 0.3) is 0 Å². The first-order valence-electron chi connectivity index (χ1n) is 20.2. The lowest BCUT2D eigenvalue weighted by Crippen LogP contribution is -2.49. The number of hydrogen-bond acceptors (Lipinski definition) is 10. The second-order valence-electron chi connectivity index (χ2n) is 16.3. The maximum absolute atomic E-state index is 15.1. The molecule has 59 heavy (non-hydrogen) atoms. The van der Waals surface area contributed by atoms with Crippen LogP contribution in [-0.4, -0.2) is 82.7 Å². The van der Waals surface area contributed by atoms with Crippen LogP contribution in [0.4, 0.5) is 5.69 Å². The number of carbonyl (C=O) groups excluding carboxylic acids is 2. The van der Waals surface area contributed by atoms with E-state index < -0.39 is 33.8 Å². The van der Waals surface area contributed by atoms with Gasteiger partial charge >= 0.3 is 0 Å². The van der Waals surface area contributed by atoms with E-state index in [1.54, 1.807) is 32.5 Å². The van der Waals surface area contributed by atoms with E-state index >= 15 is 4.21 Å². The number of fused-ring (bicyclic) bond motifs is 4. The molecule has 1 fully saturated rings. The first-order valence-corrected chi connectivity index (χ1v) is 22.2. The summed E-state index contributed by atoms with van der Waals surface area (Å²) in [6.45, 7) is 3.90. The van der Waals surface area contributed by atoms with Gasteiger partial charge in [-0.15, -0.1) is 9.46 Å². The third-order valence-corrected chi connectivity index (χ3v) is 14.5. The Morgan fingerprint density at radius 2 is 1.95 bits per heavy atom. The van der Waals surface area contributed by atoms with Gasteiger partial charge in [0, 0.05) is 61.6 Å². The molecular weight excluding hydrogens is 792 g/mol. The molecule has 2 aromatic carbocycles. The number of benzene rings is 2. The number of anilines is 1. The van der Waals surface area contributed by atoms with Crippen LogP contribution < -0.4 is 19.1 Å². The predicted octanol–water partition coefficient (Wildman–Crippen LogP) is 6.74. The maximum atomic E-state index is 15.1. The van der Waals surface area contributed by atoms with Crippen molar-refractivity contribution in [3.8, 4) is 11.6 Å². The Balaban J connectivity index is 1.22. The molecule has 2 aromatic heterocycles. The van der Waals surface area contributed by atoms with E-state index in [9.17, 15) is 9.59 Å². The Labute approximate surface area is 350 Å². The summed E-state index contributed by atoms with van der Waals surface area (Å²) in [4.78, 5) is 35.0. The molecule has 2 amide bonds. The number of methoxy groups -OCH3 is 2. The number of nitrogens with zero attached hydrogens (tertiary/aromatic N) is 5. The van der Waals surface area contributed by atoms with Crippen molar-refractivity contribution in [2.75, 3.05) is 44.6 Å². The number of ether oxygens (including phenoxy) is 4. The van der Waals surface area contributed by atoms with Crippen molar-refractivity contribution in [3.63, 3.8) is 0 Å². The first kappa shape index (κ1) is 41.0. The Kier molecular flexibility index (Phi) is 11.9. The van der Waals surface area contributed by atoms with E-state index in [1.807, 2.05) is 49.4 Å². The zero-order valence-electron chi connectivity index (χ0n) is 33.8. The minimum Gasteiger partial charge on any atom is -0.490 e. The normalized spacial score (nSPS) is 28.5. The molecule has 4 aromatic rings. The van der Waals surface area contributed by atoms with Crippen molar-refractivity contribution in [1.82, 2.24) is 19.5 Å². The summed E-state index contributed by atoms with van der Waals surface area (Å²) in [6.07, 6.45) is 11.2. The molecule has 0 radical (unpaired) electrons. The lowest BCUT2D eigenvalue weighted by Gasteiger charge is -2.46. The van der Waals surface area contributed by atoms with Crippen LogP contribution in [0.5, 0.6) is 11.6 Å². The summed E-state index contributed by atoms with van der Waals surface area (Å²) in [7, 11) is 0.967. The van der Waals surface area contributed by atoms with Crippen LogP contribution in [0.3, 0.4) is 0 Å². The second kappa shape index (κ2) is 17.1. The number of nitrogens with one attached hydrogen (secondary N) is 1. The van der Waals surface area contributed by atoms with Gasteiger partial charge in [-0.05, 0) is 97.5 Å². The van der Waals surface area contributed by atoms with Crippen molar-refractivity contribution in [2.24, 2.45) is 29.2 Å². The number of rotatable bonds is 7. The minimum absolute atomic E-state index is 0.0484. The smallest absolute Gasteiger partial charge is 0.286 e. The van der Waals surface area contributed by atoms with Gasteiger partial charge in [-0.1, -0.05) is 42.8 Å². The number of amides is 2. The van der Waals surface area contributed by atoms with E-state index in [-0.39, 0.29) is 46.8 Å². The fourth-order valence-electron chi connectivity index (χ4n) is 9.19. The molecule has 1 spiro atoms. The van der Waals surface area contributed by atoms with Gasteiger partial charge in [0.05, 0.1) is 49.7 Å². The molecule has 7 atom stereocenters. The molecule has 2 aliphatic carbocycles. The molecule has 312 valence electrons.